The van der Waals surface area contributed by atoms with E-state index in [1.165, 1.54) is 0 Å². The van der Waals surface area contributed by atoms with Gasteiger partial charge in [-0.2, -0.15) is 0 Å². The van der Waals surface area contributed by atoms with Crippen LogP contribution in [0, 0.1) is 13.8 Å². The van der Waals surface area contributed by atoms with Crippen molar-refractivity contribution in [2.45, 2.75) is 85.0 Å². The summed E-state index contributed by atoms with van der Waals surface area (Å²) in [6, 6.07) is 27.0. The molecule has 2 N–H and O–H groups in total. The molecule has 0 saturated carbocycles. The van der Waals surface area contributed by atoms with Gasteiger partial charge in [0.1, 0.15) is 17.7 Å². The minimum Gasteiger partial charge on any atom is -0.444 e. The Hall–Kier alpha value is -4.65. The van der Waals surface area contributed by atoms with E-state index in [1.54, 1.807) is 25.7 Å². The molecule has 0 aliphatic rings. The number of hydrogen-bond donors (Lipinski definition) is 2. The van der Waals surface area contributed by atoms with Crippen LogP contribution in [-0.2, 0) is 20.7 Å². The Labute approximate surface area is 267 Å². The second kappa shape index (κ2) is 13.6. The molecule has 0 aromatic heterocycles. The Morgan fingerprint density at radius 2 is 1.40 bits per heavy atom. The first-order valence-corrected chi connectivity index (χ1v) is 15.4. The van der Waals surface area contributed by atoms with Crippen molar-refractivity contribution in [2.24, 2.45) is 0 Å². The van der Waals surface area contributed by atoms with Gasteiger partial charge in [0.15, 0.2) is 0 Å². The fourth-order valence-corrected chi connectivity index (χ4v) is 5.34. The zero-order valence-corrected chi connectivity index (χ0v) is 27.6. The highest BCUT2D eigenvalue weighted by molar-refractivity contribution is 6.00. The smallest absolute Gasteiger partial charge is 0.408 e. The molecule has 0 saturated heterocycles. The van der Waals surface area contributed by atoms with E-state index in [0.29, 0.717) is 11.3 Å². The van der Waals surface area contributed by atoms with Crippen molar-refractivity contribution in [3.8, 4) is 0 Å². The van der Waals surface area contributed by atoms with Crippen LogP contribution in [0.1, 0.15) is 69.8 Å². The Morgan fingerprint density at radius 1 is 0.756 bits per heavy atom. The first kappa shape index (κ1) is 33.2. The van der Waals surface area contributed by atoms with Crippen LogP contribution in [0.2, 0.25) is 0 Å². The third-order valence-electron chi connectivity index (χ3n) is 7.60. The SMILES string of the molecule is Cc1ccc(C(C(=O)Nc2ccc3ccccc3c2)N(C(=O)C(Cc2ccccc2)NC(=O)OC(C)(C)C)C(C)(C)C)cc1C. The van der Waals surface area contributed by atoms with E-state index in [1.807, 2.05) is 126 Å². The van der Waals surface area contributed by atoms with Gasteiger partial charge in [0.25, 0.3) is 5.91 Å². The lowest BCUT2D eigenvalue weighted by Crippen LogP contribution is -2.58. The van der Waals surface area contributed by atoms with Gasteiger partial charge in [-0.3, -0.25) is 9.59 Å². The monoisotopic (exact) mass is 607 g/mol. The molecule has 4 rings (SSSR count). The molecular formula is C38H45N3O4. The van der Waals surface area contributed by atoms with Crippen molar-refractivity contribution in [2.75, 3.05) is 5.32 Å². The molecule has 45 heavy (non-hydrogen) atoms. The Kier molecular flexibility index (Phi) is 10.0. The molecule has 0 heterocycles. The molecule has 7 nitrogen and oxygen atoms in total. The van der Waals surface area contributed by atoms with Gasteiger partial charge in [-0.1, -0.05) is 78.9 Å². The van der Waals surface area contributed by atoms with Gasteiger partial charge in [-0.05, 0) is 101 Å². The molecule has 0 radical (unpaired) electrons. The summed E-state index contributed by atoms with van der Waals surface area (Å²) < 4.78 is 5.56. The number of ether oxygens (including phenoxy) is 1. The van der Waals surface area contributed by atoms with Gasteiger partial charge >= 0.3 is 6.09 Å². The fourth-order valence-electron chi connectivity index (χ4n) is 5.34. The van der Waals surface area contributed by atoms with Crippen LogP contribution in [0.4, 0.5) is 10.5 Å². The van der Waals surface area contributed by atoms with E-state index in [9.17, 15) is 14.4 Å². The van der Waals surface area contributed by atoms with Crippen LogP contribution in [0.25, 0.3) is 10.8 Å². The number of benzene rings is 4. The number of nitrogens with one attached hydrogen (secondary N) is 2. The molecule has 2 atom stereocenters. The predicted octanol–water partition coefficient (Wildman–Crippen LogP) is 7.90. The quantitative estimate of drug-likeness (QED) is 0.213. The van der Waals surface area contributed by atoms with Crippen molar-refractivity contribution < 1.29 is 19.1 Å². The second-order valence-corrected chi connectivity index (χ2v) is 13.6. The first-order chi connectivity index (χ1) is 21.1. The molecular weight excluding hydrogens is 562 g/mol. The van der Waals surface area contributed by atoms with Gasteiger partial charge in [0.05, 0.1) is 0 Å². The maximum atomic E-state index is 14.8. The standard InChI is InChI=1S/C38H45N3O4/c1-25-18-19-30(22-26(25)2)33(34(42)39-31-21-20-28-16-12-13-17-29(28)24-31)41(37(3,4)5)35(43)32(23-27-14-10-9-11-15-27)40-36(44)45-38(6,7)8/h9-22,24,32-33H,23H2,1-8H3,(H,39,42)(H,40,44). The molecule has 7 heteroatoms. The number of amides is 3. The van der Waals surface area contributed by atoms with Crippen molar-refractivity contribution in [1.82, 2.24) is 10.2 Å². The van der Waals surface area contributed by atoms with E-state index in [4.69, 9.17) is 4.74 Å². The third kappa shape index (κ3) is 8.72. The maximum absolute atomic E-state index is 14.8. The summed E-state index contributed by atoms with van der Waals surface area (Å²) in [7, 11) is 0. The van der Waals surface area contributed by atoms with Crippen LogP contribution in [0.3, 0.4) is 0 Å². The number of hydrogen-bond acceptors (Lipinski definition) is 4. The third-order valence-corrected chi connectivity index (χ3v) is 7.60. The fraction of sp³-hybridized carbons (Fsp3) is 0.342. The summed E-state index contributed by atoms with van der Waals surface area (Å²) in [5.74, 6) is -0.748. The van der Waals surface area contributed by atoms with Crippen LogP contribution < -0.4 is 10.6 Å². The summed E-state index contributed by atoms with van der Waals surface area (Å²) in [5.41, 5.74) is 2.68. The highest BCUT2D eigenvalue weighted by Gasteiger charge is 2.42. The van der Waals surface area contributed by atoms with Crippen molar-refractivity contribution >= 4 is 34.4 Å². The number of carbonyl (C=O) groups is 3. The number of anilines is 1. The lowest BCUT2D eigenvalue weighted by atomic mass is 9.92. The largest absolute Gasteiger partial charge is 0.444 e. The number of carbonyl (C=O) groups excluding carboxylic acids is 3. The summed E-state index contributed by atoms with van der Waals surface area (Å²) in [5, 5.41) is 7.97. The normalized spacial score (nSPS) is 13.1. The summed E-state index contributed by atoms with van der Waals surface area (Å²) in [4.78, 5) is 43.8. The maximum Gasteiger partial charge on any atom is 0.408 e. The highest BCUT2D eigenvalue weighted by atomic mass is 16.6. The molecule has 0 spiro atoms. The molecule has 4 aromatic rings. The molecule has 2 unspecified atom stereocenters. The van der Waals surface area contributed by atoms with Gasteiger partial charge in [0, 0.05) is 17.6 Å². The van der Waals surface area contributed by atoms with Crippen molar-refractivity contribution in [3.63, 3.8) is 0 Å². The molecule has 236 valence electrons. The van der Waals surface area contributed by atoms with Gasteiger partial charge in [-0.15, -0.1) is 0 Å². The molecule has 0 aliphatic carbocycles. The molecule has 3 amide bonds. The van der Waals surface area contributed by atoms with Gasteiger partial charge in [-0.25, -0.2) is 4.79 Å². The Bertz CT molecular complexity index is 1670. The minimum absolute atomic E-state index is 0.220. The van der Waals surface area contributed by atoms with Crippen LogP contribution in [-0.4, -0.2) is 40.0 Å². The summed E-state index contributed by atoms with van der Waals surface area (Å²) in [6.45, 7) is 15.0. The van der Waals surface area contributed by atoms with Crippen molar-refractivity contribution in [1.29, 1.82) is 0 Å². The number of rotatable bonds is 8. The second-order valence-electron chi connectivity index (χ2n) is 13.6. The number of nitrogens with zero attached hydrogens (tertiary/aromatic N) is 1. The predicted molar refractivity (Wildman–Crippen MR) is 181 cm³/mol. The highest BCUT2D eigenvalue weighted by Crippen LogP contribution is 2.33. The Balaban J connectivity index is 1.79. The zero-order chi connectivity index (χ0) is 32.9. The zero-order valence-electron chi connectivity index (χ0n) is 27.6. The summed E-state index contributed by atoms with van der Waals surface area (Å²) >= 11 is 0. The van der Waals surface area contributed by atoms with Crippen LogP contribution >= 0.6 is 0 Å². The van der Waals surface area contributed by atoms with E-state index in [2.05, 4.69) is 10.6 Å². The average molecular weight is 608 g/mol. The average Bonchev–Trinajstić information content (AvgIpc) is 2.95. The van der Waals surface area contributed by atoms with E-state index in [0.717, 1.165) is 27.5 Å². The molecule has 0 bridgehead atoms. The lowest BCUT2D eigenvalue weighted by Gasteiger charge is -2.43. The van der Waals surface area contributed by atoms with E-state index in [-0.39, 0.29) is 12.3 Å². The molecule has 0 fully saturated rings. The lowest BCUT2D eigenvalue weighted by molar-refractivity contribution is -0.146. The molecule has 0 aliphatic heterocycles. The topological polar surface area (TPSA) is 87.7 Å². The van der Waals surface area contributed by atoms with E-state index >= 15 is 0 Å². The number of alkyl carbamates (subject to hydrolysis) is 1. The van der Waals surface area contributed by atoms with Crippen LogP contribution in [0.15, 0.2) is 91.0 Å². The van der Waals surface area contributed by atoms with Gasteiger partial charge in [0.2, 0.25) is 5.91 Å². The minimum atomic E-state index is -0.998. The molecule has 4 aromatic carbocycles. The number of fused-ring (bicyclic) bond motifs is 1. The first-order valence-electron chi connectivity index (χ1n) is 15.4. The van der Waals surface area contributed by atoms with Gasteiger partial charge < -0.3 is 20.3 Å². The van der Waals surface area contributed by atoms with Crippen molar-refractivity contribution in [3.05, 3.63) is 113 Å². The number of aryl methyl sites for hydroxylation is 2. The van der Waals surface area contributed by atoms with Crippen LogP contribution in [0.5, 0.6) is 0 Å². The Morgan fingerprint density at radius 3 is 2.02 bits per heavy atom. The van der Waals surface area contributed by atoms with E-state index < -0.39 is 35.2 Å². The summed E-state index contributed by atoms with van der Waals surface area (Å²) in [6.07, 6.45) is -0.480.